The van der Waals surface area contributed by atoms with Gasteiger partial charge in [-0.05, 0) is 43.2 Å². The second kappa shape index (κ2) is 9.34. The van der Waals surface area contributed by atoms with Crippen molar-refractivity contribution >= 4 is 39.2 Å². The van der Waals surface area contributed by atoms with Gasteiger partial charge in [0, 0.05) is 19.3 Å². The van der Waals surface area contributed by atoms with Gasteiger partial charge in [-0.25, -0.2) is 18.2 Å². The first-order chi connectivity index (χ1) is 13.9. The van der Waals surface area contributed by atoms with Crippen molar-refractivity contribution in [2.24, 2.45) is 0 Å². The Bertz CT molecular complexity index is 1010. The van der Waals surface area contributed by atoms with Crippen LogP contribution >= 0.6 is 11.6 Å². The number of benzene rings is 1. The maximum absolute atomic E-state index is 12.8. The molecule has 1 amide bonds. The Morgan fingerprint density at radius 1 is 1.14 bits per heavy atom. The predicted octanol–water partition coefficient (Wildman–Crippen LogP) is 2.71. The topological polar surface area (TPSA) is 106 Å². The lowest BCUT2D eigenvalue weighted by molar-refractivity contribution is -0.119. The largest absolute Gasteiger partial charge is 0.452 e. The van der Waals surface area contributed by atoms with Gasteiger partial charge in [-0.2, -0.15) is 4.31 Å². The summed E-state index contributed by atoms with van der Waals surface area (Å²) in [5.41, 5.74) is 0.347. The summed E-state index contributed by atoms with van der Waals surface area (Å²) in [6.07, 6.45) is 4.11. The second-order valence-corrected chi connectivity index (χ2v) is 8.75. The van der Waals surface area contributed by atoms with Gasteiger partial charge in [-0.3, -0.25) is 4.79 Å². The van der Waals surface area contributed by atoms with Gasteiger partial charge in [0.1, 0.15) is 0 Å². The zero-order valence-electron chi connectivity index (χ0n) is 15.5. The highest BCUT2D eigenvalue weighted by atomic mass is 35.5. The number of hydrogen-bond acceptors (Lipinski definition) is 6. The molecule has 1 fully saturated rings. The van der Waals surface area contributed by atoms with Gasteiger partial charge in [-0.1, -0.05) is 24.1 Å². The van der Waals surface area contributed by atoms with E-state index in [1.807, 2.05) is 0 Å². The summed E-state index contributed by atoms with van der Waals surface area (Å²) in [6, 6.07) is 8.78. The Morgan fingerprint density at radius 2 is 1.90 bits per heavy atom. The number of rotatable bonds is 6. The fourth-order valence-electron chi connectivity index (χ4n) is 2.92. The van der Waals surface area contributed by atoms with Crippen LogP contribution in [0, 0.1) is 0 Å². The number of piperidine rings is 1. The fourth-order valence-corrected chi connectivity index (χ4v) is 4.65. The van der Waals surface area contributed by atoms with Crippen molar-refractivity contribution in [1.82, 2.24) is 9.29 Å². The van der Waals surface area contributed by atoms with Gasteiger partial charge < -0.3 is 10.1 Å². The molecule has 1 saturated heterocycles. The van der Waals surface area contributed by atoms with Gasteiger partial charge in [0.25, 0.3) is 5.91 Å². The van der Waals surface area contributed by atoms with E-state index in [0.717, 1.165) is 19.3 Å². The van der Waals surface area contributed by atoms with Gasteiger partial charge >= 0.3 is 5.97 Å². The fraction of sp³-hybridized carbons (Fsp3) is 0.316. The van der Waals surface area contributed by atoms with Crippen molar-refractivity contribution in [2.45, 2.75) is 24.2 Å². The highest BCUT2D eigenvalue weighted by Gasteiger charge is 2.26. The van der Waals surface area contributed by atoms with E-state index in [1.54, 1.807) is 12.1 Å². The number of anilines is 1. The van der Waals surface area contributed by atoms with Gasteiger partial charge in [0.15, 0.2) is 11.8 Å². The van der Waals surface area contributed by atoms with E-state index in [4.69, 9.17) is 16.3 Å². The summed E-state index contributed by atoms with van der Waals surface area (Å²) in [7, 11) is -3.67. The number of hydrogen-bond donors (Lipinski definition) is 1. The molecule has 0 aliphatic carbocycles. The number of nitrogens with one attached hydrogen (secondary N) is 1. The van der Waals surface area contributed by atoms with Crippen molar-refractivity contribution in [1.29, 1.82) is 0 Å². The average molecular weight is 438 g/mol. The minimum Gasteiger partial charge on any atom is -0.452 e. The van der Waals surface area contributed by atoms with Gasteiger partial charge in [0.2, 0.25) is 10.0 Å². The molecule has 0 unspecified atom stereocenters. The molecular weight excluding hydrogens is 418 g/mol. The van der Waals surface area contributed by atoms with Gasteiger partial charge in [-0.15, -0.1) is 0 Å². The summed E-state index contributed by atoms with van der Waals surface area (Å²) in [5, 5.41) is 2.60. The van der Waals surface area contributed by atoms with Crippen molar-refractivity contribution in [3.63, 3.8) is 0 Å². The van der Waals surface area contributed by atoms with Crippen LogP contribution < -0.4 is 5.32 Å². The van der Waals surface area contributed by atoms with Crippen LogP contribution in [-0.4, -0.2) is 49.3 Å². The molecule has 0 radical (unpaired) electrons. The quantitative estimate of drug-likeness (QED) is 0.550. The lowest BCUT2D eigenvalue weighted by Gasteiger charge is -2.25. The van der Waals surface area contributed by atoms with Crippen LogP contribution in [0.5, 0.6) is 0 Å². The van der Waals surface area contributed by atoms with Crippen LogP contribution in [0.4, 0.5) is 5.69 Å². The number of aromatic nitrogens is 1. The molecule has 0 atom stereocenters. The third-order valence-electron chi connectivity index (χ3n) is 4.39. The monoisotopic (exact) mass is 437 g/mol. The molecule has 1 aliphatic rings. The molecule has 3 rings (SSSR count). The Morgan fingerprint density at radius 3 is 2.62 bits per heavy atom. The zero-order chi connectivity index (χ0) is 20.9. The summed E-state index contributed by atoms with van der Waals surface area (Å²) < 4.78 is 31.9. The molecule has 1 aromatic carbocycles. The average Bonchev–Trinajstić information content (AvgIpc) is 2.74. The number of carbonyl (C=O) groups is 2. The third-order valence-corrected chi connectivity index (χ3v) is 6.59. The molecule has 29 heavy (non-hydrogen) atoms. The number of carbonyl (C=O) groups excluding carboxylic acids is 2. The molecule has 0 bridgehead atoms. The first kappa shape index (κ1) is 21.2. The summed E-state index contributed by atoms with van der Waals surface area (Å²) >= 11 is 5.86. The van der Waals surface area contributed by atoms with Crippen LogP contribution in [0.2, 0.25) is 5.15 Å². The molecular formula is C19H20ClN3O5S. The Hall–Kier alpha value is -2.49. The maximum Gasteiger partial charge on any atom is 0.338 e. The van der Waals surface area contributed by atoms with E-state index in [1.165, 1.54) is 34.8 Å². The van der Waals surface area contributed by atoms with E-state index in [2.05, 4.69) is 10.3 Å². The van der Waals surface area contributed by atoms with Crippen molar-refractivity contribution in [3.8, 4) is 0 Å². The molecule has 154 valence electrons. The molecule has 10 heteroatoms. The normalized spacial score (nSPS) is 14.9. The first-order valence-corrected chi connectivity index (χ1v) is 10.9. The van der Waals surface area contributed by atoms with Crippen molar-refractivity contribution in [3.05, 3.63) is 53.3 Å². The minimum absolute atomic E-state index is 0.0282. The zero-order valence-corrected chi connectivity index (χ0v) is 17.1. The number of amides is 1. The maximum atomic E-state index is 12.8. The van der Waals surface area contributed by atoms with E-state index < -0.39 is 28.5 Å². The Kier molecular flexibility index (Phi) is 6.83. The second-order valence-electron chi connectivity index (χ2n) is 6.46. The SMILES string of the molecule is O=C(COC(=O)c1cccc(S(=O)(=O)N2CCCCC2)c1)Nc1cccnc1Cl. The molecule has 0 saturated carbocycles. The third kappa shape index (κ3) is 5.31. The van der Waals surface area contributed by atoms with Crippen molar-refractivity contribution < 1.29 is 22.7 Å². The standard InChI is InChI=1S/C19H20ClN3O5S/c20-18-16(8-5-9-21-18)22-17(24)13-28-19(25)14-6-4-7-15(12-14)29(26,27)23-10-2-1-3-11-23/h4-9,12H,1-3,10-11,13H2,(H,22,24). The summed E-state index contributed by atoms with van der Waals surface area (Å²) in [5.74, 6) is -1.39. The number of ether oxygens (including phenoxy) is 1. The van der Waals surface area contributed by atoms with Crippen LogP contribution in [0.25, 0.3) is 0 Å². The first-order valence-electron chi connectivity index (χ1n) is 9.05. The molecule has 2 heterocycles. The number of nitrogens with zero attached hydrogens (tertiary/aromatic N) is 2. The number of sulfonamides is 1. The molecule has 8 nitrogen and oxygen atoms in total. The summed E-state index contributed by atoms with van der Waals surface area (Å²) in [6.45, 7) is 0.384. The van der Waals surface area contributed by atoms with Gasteiger partial charge in [0.05, 0.1) is 16.1 Å². The lowest BCUT2D eigenvalue weighted by atomic mass is 10.2. The van der Waals surface area contributed by atoms with E-state index in [9.17, 15) is 18.0 Å². The molecule has 1 N–H and O–H groups in total. The van der Waals surface area contributed by atoms with Crippen molar-refractivity contribution in [2.75, 3.05) is 25.0 Å². The Balaban J connectivity index is 1.63. The minimum atomic E-state index is -3.67. The molecule has 0 spiro atoms. The molecule has 1 aliphatic heterocycles. The van der Waals surface area contributed by atoms with Crippen LogP contribution in [0.1, 0.15) is 29.6 Å². The predicted molar refractivity (Wildman–Crippen MR) is 107 cm³/mol. The number of halogens is 1. The summed E-state index contributed by atoms with van der Waals surface area (Å²) in [4.78, 5) is 28.1. The lowest BCUT2D eigenvalue weighted by Crippen LogP contribution is -2.35. The molecule has 1 aromatic heterocycles. The highest BCUT2D eigenvalue weighted by molar-refractivity contribution is 7.89. The van der Waals surface area contributed by atoms with E-state index in [0.29, 0.717) is 18.8 Å². The van der Waals surface area contributed by atoms with E-state index in [-0.39, 0.29) is 15.6 Å². The smallest absolute Gasteiger partial charge is 0.338 e. The number of esters is 1. The van der Waals surface area contributed by atoms with Crippen LogP contribution in [0.15, 0.2) is 47.5 Å². The van der Waals surface area contributed by atoms with Crippen LogP contribution in [0.3, 0.4) is 0 Å². The number of pyridine rings is 1. The Labute approximate surface area is 173 Å². The molecule has 2 aromatic rings. The highest BCUT2D eigenvalue weighted by Crippen LogP contribution is 2.22. The van der Waals surface area contributed by atoms with E-state index >= 15 is 0 Å². The van der Waals surface area contributed by atoms with Crippen LogP contribution in [-0.2, 0) is 19.6 Å².